The first-order valence-electron chi connectivity index (χ1n) is 8.16. The van der Waals surface area contributed by atoms with Gasteiger partial charge in [0.1, 0.15) is 6.04 Å². The number of amides is 2. The predicted octanol–water partition coefficient (Wildman–Crippen LogP) is 2.20. The third kappa shape index (κ3) is 6.06. The van der Waals surface area contributed by atoms with E-state index >= 15 is 0 Å². The van der Waals surface area contributed by atoms with Crippen LogP contribution in [0.2, 0.25) is 0 Å². The van der Waals surface area contributed by atoms with Crippen molar-refractivity contribution in [3.8, 4) is 0 Å². The maximum Gasteiger partial charge on any atom is 0.329 e. The Morgan fingerprint density at radius 2 is 1.88 bits per heavy atom. The minimum absolute atomic E-state index is 0.189. The van der Waals surface area contributed by atoms with E-state index < -0.39 is 23.3 Å². The Bertz CT molecular complexity index is 647. The number of hydrogen-bond acceptors (Lipinski definition) is 4. The van der Waals surface area contributed by atoms with Gasteiger partial charge in [-0.3, -0.25) is 9.59 Å². The average molecular weight is 346 g/mol. The number of carbonyl (C=O) groups is 3. The highest BCUT2D eigenvalue weighted by atomic mass is 16.5. The van der Waals surface area contributed by atoms with Gasteiger partial charge >= 0.3 is 5.97 Å². The number of esters is 1. The second-order valence-electron chi connectivity index (χ2n) is 6.60. The molecule has 0 aliphatic carbocycles. The van der Waals surface area contributed by atoms with Crippen molar-refractivity contribution in [2.75, 3.05) is 6.61 Å². The van der Waals surface area contributed by atoms with Crippen LogP contribution >= 0.6 is 0 Å². The zero-order valence-electron chi connectivity index (χ0n) is 15.2. The fraction of sp³-hybridized carbons (Fsp3) is 0.421. The first-order chi connectivity index (χ1) is 11.7. The molecule has 0 heterocycles. The summed E-state index contributed by atoms with van der Waals surface area (Å²) < 4.78 is 5.07. The SMILES string of the molecule is C=CC(=O)NCc1ccccc1C(=O)N[C@H](C(=O)OCC)C(C)(C)C. The Morgan fingerprint density at radius 1 is 1.24 bits per heavy atom. The first-order valence-corrected chi connectivity index (χ1v) is 8.16. The number of hydrogen-bond donors (Lipinski definition) is 2. The van der Waals surface area contributed by atoms with Gasteiger partial charge in [-0.2, -0.15) is 0 Å². The fourth-order valence-corrected chi connectivity index (χ4v) is 2.21. The molecule has 0 bridgehead atoms. The highest BCUT2D eigenvalue weighted by Gasteiger charge is 2.34. The summed E-state index contributed by atoms with van der Waals surface area (Å²) in [7, 11) is 0. The molecule has 2 N–H and O–H groups in total. The van der Waals surface area contributed by atoms with Gasteiger partial charge in [0.2, 0.25) is 5.91 Å². The van der Waals surface area contributed by atoms with Crippen LogP contribution in [0.4, 0.5) is 0 Å². The minimum Gasteiger partial charge on any atom is -0.464 e. The van der Waals surface area contributed by atoms with Crippen LogP contribution in [0, 0.1) is 5.41 Å². The van der Waals surface area contributed by atoms with Crippen LogP contribution in [0.5, 0.6) is 0 Å². The van der Waals surface area contributed by atoms with Crippen LogP contribution in [0.25, 0.3) is 0 Å². The molecule has 0 unspecified atom stereocenters. The lowest BCUT2D eigenvalue weighted by Gasteiger charge is -2.29. The van der Waals surface area contributed by atoms with E-state index in [2.05, 4.69) is 17.2 Å². The van der Waals surface area contributed by atoms with Crippen molar-refractivity contribution < 1.29 is 19.1 Å². The molecular weight excluding hydrogens is 320 g/mol. The van der Waals surface area contributed by atoms with E-state index in [9.17, 15) is 14.4 Å². The molecule has 2 amide bonds. The molecule has 0 aliphatic rings. The largest absolute Gasteiger partial charge is 0.464 e. The average Bonchev–Trinajstić information content (AvgIpc) is 2.56. The summed E-state index contributed by atoms with van der Waals surface area (Å²) in [5.74, 6) is -1.19. The van der Waals surface area contributed by atoms with Gasteiger partial charge < -0.3 is 15.4 Å². The molecule has 6 heteroatoms. The smallest absolute Gasteiger partial charge is 0.329 e. The first kappa shape index (κ1) is 20.4. The Balaban J connectivity index is 2.99. The Kier molecular flexibility index (Phi) is 7.36. The van der Waals surface area contributed by atoms with Gasteiger partial charge in [0.25, 0.3) is 5.91 Å². The van der Waals surface area contributed by atoms with Gasteiger partial charge in [0.15, 0.2) is 0 Å². The number of nitrogens with one attached hydrogen (secondary N) is 2. The summed E-state index contributed by atoms with van der Waals surface area (Å²) in [6, 6.07) is 6.11. The van der Waals surface area contributed by atoms with Crippen molar-refractivity contribution in [2.24, 2.45) is 5.41 Å². The number of rotatable bonds is 7. The van der Waals surface area contributed by atoms with Crippen LogP contribution in [0.3, 0.4) is 0 Å². The summed E-state index contributed by atoms with van der Waals surface area (Å²) in [5.41, 5.74) is 0.533. The molecule has 0 fully saturated rings. The van der Waals surface area contributed by atoms with Crippen LogP contribution in [0.1, 0.15) is 43.6 Å². The van der Waals surface area contributed by atoms with Crippen LogP contribution < -0.4 is 10.6 Å². The quantitative estimate of drug-likeness (QED) is 0.585. The highest BCUT2D eigenvalue weighted by molar-refractivity contribution is 5.98. The lowest BCUT2D eigenvalue weighted by molar-refractivity contribution is -0.148. The fourth-order valence-electron chi connectivity index (χ4n) is 2.21. The third-order valence-electron chi connectivity index (χ3n) is 3.56. The molecule has 1 aromatic carbocycles. The normalized spacial score (nSPS) is 12.0. The number of ether oxygens (including phenoxy) is 1. The molecular formula is C19H26N2O4. The van der Waals surface area contributed by atoms with Gasteiger partial charge in [-0.05, 0) is 30.0 Å². The van der Waals surface area contributed by atoms with Gasteiger partial charge in [0, 0.05) is 12.1 Å². The maximum atomic E-state index is 12.7. The van der Waals surface area contributed by atoms with Crippen molar-refractivity contribution in [3.05, 3.63) is 48.0 Å². The van der Waals surface area contributed by atoms with E-state index in [4.69, 9.17) is 4.74 Å². The summed E-state index contributed by atoms with van der Waals surface area (Å²) >= 11 is 0. The Morgan fingerprint density at radius 3 is 2.44 bits per heavy atom. The molecule has 1 atom stereocenters. The summed E-state index contributed by atoms with van der Waals surface area (Å²) in [6.45, 7) is 11.1. The van der Waals surface area contributed by atoms with Gasteiger partial charge in [-0.15, -0.1) is 0 Å². The van der Waals surface area contributed by atoms with E-state index in [1.807, 2.05) is 20.8 Å². The molecule has 25 heavy (non-hydrogen) atoms. The predicted molar refractivity (Wildman–Crippen MR) is 95.8 cm³/mol. The lowest BCUT2D eigenvalue weighted by Crippen LogP contribution is -2.50. The van der Waals surface area contributed by atoms with E-state index in [1.165, 1.54) is 6.08 Å². The topological polar surface area (TPSA) is 84.5 Å². The molecule has 0 radical (unpaired) electrons. The molecule has 6 nitrogen and oxygen atoms in total. The van der Waals surface area contributed by atoms with E-state index in [0.29, 0.717) is 11.1 Å². The molecule has 0 saturated carbocycles. The van der Waals surface area contributed by atoms with Crippen molar-refractivity contribution in [1.29, 1.82) is 0 Å². The van der Waals surface area contributed by atoms with Gasteiger partial charge in [0.05, 0.1) is 6.61 Å². The standard InChI is InChI=1S/C19H26N2O4/c1-6-15(22)20-12-13-10-8-9-11-14(13)17(23)21-16(19(3,4)5)18(24)25-7-2/h6,8-11,16H,1,7,12H2,2-5H3,(H,20,22)(H,21,23)/t16-/m1/s1. The Labute approximate surface area is 148 Å². The monoisotopic (exact) mass is 346 g/mol. The van der Waals surface area contributed by atoms with E-state index in [1.54, 1.807) is 31.2 Å². The molecule has 0 spiro atoms. The van der Waals surface area contributed by atoms with Crippen molar-refractivity contribution in [1.82, 2.24) is 10.6 Å². The van der Waals surface area contributed by atoms with Crippen molar-refractivity contribution in [2.45, 2.75) is 40.3 Å². The van der Waals surface area contributed by atoms with E-state index in [-0.39, 0.29) is 19.1 Å². The molecule has 0 aliphatic heterocycles. The second kappa shape index (κ2) is 9.01. The zero-order valence-corrected chi connectivity index (χ0v) is 15.2. The maximum absolute atomic E-state index is 12.7. The van der Waals surface area contributed by atoms with E-state index in [0.717, 1.165) is 0 Å². The van der Waals surface area contributed by atoms with Gasteiger partial charge in [-0.1, -0.05) is 45.5 Å². The Hall–Kier alpha value is -2.63. The molecule has 1 rings (SSSR count). The molecule has 0 aromatic heterocycles. The number of benzene rings is 1. The van der Waals surface area contributed by atoms with Gasteiger partial charge in [-0.25, -0.2) is 4.79 Å². The highest BCUT2D eigenvalue weighted by Crippen LogP contribution is 2.21. The summed E-state index contributed by atoms with van der Waals surface area (Å²) in [4.78, 5) is 36.2. The third-order valence-corrected chi connectivity index (χ3v) is 3.56. The molecule has 1 aromatic rings. The lowest BCUT2D eigenvalue weighted by atomic mass is 9.86. The van der Waals surface area contributed by atoms with Crippen molar-refractivity contribution in [3.63, 3.8) is 0 Å². The van der Waals surface area contributed by atoms with Crippen LogP contribution in [-0.2, 0) is 20.9 Å². The van der Waals surface area contributed by atoms with Crippen LogP contribution in [0.15, 0.2) is 36.9 Å². The second-order valence-corrected chi connectivity index (χ2v) is 6.60. The van der Waals surface area contributed by atoms with Crippen molar-refractivity contribution >= 4 is 17.8 Å². The molecule has 136 valence electrons. The summed E-state index contributed by atoms with van der Waals surface area (Å²) in [5, 5.41) is 5.40. The summed E-state index contributed by atoms with van der Waals surface area (Å²) in [6.07, 6.45) is 1.17. The van der Waals surface area contributed by atoms with Crippen LogP contribution in [-0.4, -0.2) is 30.4 Å². The number of carbonyl (C=O) groups excluding carboxylic acids is 3. The molecule has 0 saturated heterocycles. The zero-order chi connectivity index (χ0) is 19.0. The minimum atomic E-state index is -0.782.